The predicted octanol–water partition coefficient (Wildman–Crippen LogP) is 6.00. The first-order valence-electron chi connectivity index (χ1n) is 14.2. The number of pyridine rings is 1. The van der Waals surface area contributed by atoms with E-state index in [1.165, 1.54) is 37.3 Å². The van der Waals surface area contributed by atoms with E-state index in [1.54, 1.807) is 18.9 Å². The van der Waals surface area contributed by atoms with Crippen LogP contribution in [0.3, 0.4) is 0 Å². The van der Waals surface area contributed by atoms with Crippen LogP contribution in [-0.4, -0.2) is 88.1 Å². The van der Waals surface area contributed by atoms with E-state index in [0.717, 1.165) is 53.7 Å². The summed E-state index contributed by atoms with van der Waals surface area (Å²) in [7, 11) is 1.69. The minimum absolute atomic E-state index is 0. The number of aromatic nitrogens is 5. The number of methoxy groups -OCH3 is 1. The van der Waals surface area contributed by atoms with Gasteiger partial charge in [-0.05, 0) is 72.0 Å². The summed E-state index contributed by atoms with van der Waals surface area (Å²) in [6.07, 6.45) is 10.5. The molecule has 4 aromatic rings. The number of aliphatic carboxylic acids is 1. The van der Waals surface area contributed by atoms with Gasteiger partial charge in [-0.1, -0.05) is 56.0 Å². The number of nitrogens with zero attached hydrogens (tertiary/aromatic N) is 4. The molecule has 222 valence electrons. The number of carboxylic acid groups (broad SMARTS) is 1. The molecule has 0 saturated carbocycles. The molecule has 44 heavy (non-hydrogen) atoms. The molecule has 2 radical (unpaired) electrons. The molecule has 2 aromatic carbocycles. The molecule has 2 aromatic heterocycles. The number of H-pyrrole nitrogens is 1. The molecular weight excluding hydrogens is 564 g/mol. The quantitative estimate of drug-likeness (QED) is 0.0803. The normalized spacial score (nSPS) is 10.7. The molecule has 2 N–H and O–H groups in total. The van der Waals surface area contributed by atoms with Crippen molar-refractivity contribution in [3.63, 3.8) is 0 Å². The second-order valence-corrected chi connectivity index (χ2v) is 10.8. The number of thioether (sulfide) groups is 1. The zero-order chi connectivity index (χ0) is 29.4. The summed E-state index contributed by atoms with van der Waals surface area (Å²) in [6, 6.07) is 20.2. The molecule has 0 atom stereocenters. The Morgan fingerprint density at radius 2 is 1.70 bits per heavy atom. The van der Waals surface area contributed by atoms with E-state index >= 15 is 0 Å². The number of carboxylic acids is 1. The third kappa shape index (κ3) is 12.9. The molecule has 2 heterocycles. The number of unbranched alkanes of at least 4 members (excludes halogenated alkanes) is 5. The van der Waals surface area contributed by atoms with Gasteiger partial charge in [0.25, 0.3) is 0 Å². The Hall–Kier alpha value is -2.99. The topological polar surface area (TPSA) is 123 Å². The number of benzene rings is 2. The average molecular weight is 602 g/mol. The SMILES string of the molecule is COc1ccc(CCCCCCCCOc2ccc(CSCc3cccc(-c4nn[nH]n4)c3)nc2/C=C/C(=O)O)cc1.[Li].[Li]. The summed E-state index contributed by atoms with van der Waals surface area (Å²) < 4.78 is 11.2. The van der Waals surface area contributed by atoms with Gasteiger partial charge in [-0.25, -0.2) is 9.78 Å². The fraction of sp³-hybridized carbons (Fsp3) is 0.344. The zero-order valence-electron chi connectivity index (χ0n) is 25.9. The van der Waals surface area contributed by atoms with Crippen LogP contribution in [0.15, 0.2) is 66.7 Å². The van der Waals surface area contributed by atoms with Gasteiger partial charge in [0.1, 0.15) is 17.2 Å². The molecule has 0 spiro atoms. The molecule has 0 aliphatic carbocycles. The molecule has 0 bridgehead atoms. The van der Waals surface area contributed by atoms with Crippen molar-refractivity contribution in [3.8, 4) is 22.9 Å². The van der Waals surface area contributed by atoms with Gasteiger partial charge in [0.15, 0.2) is 0 Å². The number of aromatic amines is 1. The minimum Gasteiger partial charge on any atom is -0.497 e. The van der Waals surface area contributed by atoms with Crippen molar-refractivity contribution in [2.75, 3.05) is 13.7 Å². The van der Waals surface area contributed by atoms with Crippen LogP contribution in [0.1, 0.15) is 61.0 Å². The van der Waals surface area contributed by atoms with Gasteiger partial charge in [-0.2, -0.15) is 17.0 Å². The third-order valence-electron chi connectivity index (χ3n) is 6.65. The molecule has 0 aliphatic rings. The van der Waals surface area contributed by atoms with Gasteiger partial charge in [0.05, 0.1) is 19.4 Å². The number of ether oxygens (including phenoxy) is 2. The van der Waals surface area contributed by atoms with Gasteiger partial charge in [0.2, 0.25) is 5.82 Å². The van der Waals surface area contributed by atoms with Gasteiger partial charge in [-0.15, -0.1) is 10.2 Å². The molecule has 0 saturated heterocycles. The fourth-order valence-electron chi connectivity index (χ4n) is 4.45. The van der Waals surface area contributed by atoms with Gasteiger partial charge in [-0.3, -0.25) is 0 Å². The van der Waals surface area contributed by atoms with Crippen molar-refractivity contribution >= 4 is 61.5 Å². The summed E-state index contributed by atoms with van der Waals surface area (Å²) in [5.74, 6) is 2.51. The van der Waals surface area contributed by atoms with Crippen LogP contribution in [0.4, 0.5) is 0 Å². The zero-order valence-corrected chi connectivity index (χ0v) is 26.7. The number of tetrazole rings is 1. The number of nitrogens with one attached hydrogen (secondary N) is 1. The first kappa shape index (κ1) is 37.2. The summed E-state index contributed by atoms with van der Waals surface area (Å²) >= 11 is 1.72. The summed E-state index contributed by atoms with van der Waals surface area (Å²) in [5, 5.41) is 23.3. The van der Waals surface area contributed by atoms with Crippen LogP contribution >= 0.6 is 11.8 Å². The summed E-state index contributed by atoms with van der Waals surface area (Å²) in [6.45, 7) is 0.576. The first-order chi connectivity index (χ1) is 20.6. The molecule has 12 heteroatoms. The van der Waals surface area contributed by atoms with Crippen LogP contribution in [-0.2, 0) is 22.7 Å². The van der Waals surface area contributed by atoms with E-state index in [1.807, 2.05) is 42.5 Å². The van der Waals surface area contributed by atoms with Crippen LogP contribution in [0.25, 0.3) is 17.5 Å². The number of rotatable bonds is 18. The molecule has 0 fully saturated rings. The number of hydrogen-bond acceptors (Lipinski definition) is 8. The smallest absolute Gasteiger partial charge is 0.328 e. The van der Waals surface area contributed by atoms with Crippen molar-refractivity contribution in [1.29, 1.82) is 0 Å². The molecule has 4 rings (SSSR count). The Labute approximate surface area is 287 Å². The van der Waals surface area contributed by atoms with Gasteiger partial charge in [0, 0.05) is 60.9 Å². The van der Waals surface area contributed by atoms with Crippen molar-refractivity contribution in [1.82, 2.24) is 25.6 Å². The van der Waals surface area contributed by atoms with Crippen molar-refractivity contribution in [2.24, 2.45) is 0 Å². The van der Waals surface area contributed by atoms with Crippen LogP contribution < -0.4 is 9.47 Å². The fourth-order valence-corrected chi connectivity index (χ4v) is 5.33. The van der Waals surface area contributed by atoms with E-state index in [4.69, 9.17) is 14.6 Å². The number of carbonyl (C=O) groups is 1. The van der Waals surface area contributed by atoms with E-state index in [2.05, 4.69) is 43.8 Å². The Morgan fingerprint density at radius 1 is 0.932 bits per heavy atom. The molecule has 0 unspecified atom stereocenters. The van der Waals surface area contributed by atoms with Crippen molar-refractivity contribution in [2.45, 2.75) is 56.5 Å². The van der Waals surface area contributed by atoms with Crippen LogP contribution in [0.2, 0.25) is 0 Å². The predicted molar refractivity (Wildman–Crippen MR) is 177 cm³/mol. The van der Waals surface area contributed by atoms with E-state index in [0.29, 0.717) is 29.6 Å². The Morgan fingerprint density at radius 3 is 2.43 bits per heavy atom. The van der Waals surface area contributed by atoms with Crippen LogP contribution in [0, 0.1) is 0 Å². The molecule has 9 nitrogen and oxygen atoms in total. The number of aryl methyl sites for hydroxylation is 1. The maximum absolute atomic E-state index is 11.1. The molecule has 0 aliphatic heterocycles. The van der Waals surface area contributed by atoms with Gasteiger partial charge < -0.3 is 14.6 Å². The Bertz CT molecular complexity index is 1420. The molecular formula is C32H37Li2N5O4S. The second kappa shape index (κ2) is 20.9. The maximum atomic E-state index is 11.1. The largest absolute Gasteiger partial charge is 0.497 e. The standard InChI is InChI=1S/C32H37N5O4S.2Li/c1-40-28-15-12-24(13-16-28)9-6-4-2-3-5-7-20-41-30-18-14-27(33-29(30)17-19-31(38)39)23-42-22-25-10-8-11-26(21-25)32-34-36-37-35-32;;/h8,10-19,21H,2-7,9,20,22-23H2,1H3,(H,38,39)(H,34,35,36,37);;/b19-17+;;. The summed E-state index contributed by atoms with van der Waals surface area (Å²) in [4.78, 5) is 15.8. The van der Waals surface area contributed by atoms with E-state index in [9.17, 15) is 4.79 Å². The summed E-state index contributed by atoms with van der Waals surface area (Å²) in [5.41, 5.74) is 4.80. The molecule has 0 amide bonds. The van der Waals surface area contributed by atoms with Crippen molar-refractivity contribution in [3.05, 3.63) is 89.3 Å². The second-order valence-electron chi connectivity index (χ2n) is 9.85. The third-order valence-corrected chi connectivity index (χ3v) is 7.69. The minimum atomic E-state index is -1.02. The van der Waals surface area contributed by atoms with Gasteiger partial charge >= 0.3 is 5.97 Å². The first-order valence-corrected chi connectivity index (χ1v) is 15.3. The average Bonchev–Trinajstić information content (AvgIpc) is 3.56. The van der Waals surface area contributed by atoms with E-state index < -0.39 is 5.97 Å². The Balaban J connectivity index is 0.00000337. The Kier molecular flexibility index (Phi) is 17.7. The monoisotopic (exact) mass is 601 g/mol. The van der Waals surface area contributed by atoms with Crippen molar-refractivity contribution < 1.29 is 19.4 Å². The number of hydrogen-bond donors (Lipinski definition) is 2. The van der Waals surface area contributed by atoms with Crippen LogP contribution in [0.5, 0.6) is 11.5 Å². The van der Waals surface area contributed by atoms with E-state index in [-0.39, 0.29) is 37.7 Å². The maximum Gasteiger partial charge on any atom is 0.328 e.